The van der Waals surface area contributed by atoms with E-state index in [4.69, 9.17) is 4.42 Å². The standard InChI is InChI=1S/C15H17N3O5S/c1-10-13(7-8-23-10)15(20)17-16-14(19)11-5-4-6-12(9-11)24(21,22)18(2)3/h4-9H,1-3H3,(H,16,19)(H,17,20). The summed E-state index contributed by atoms with van der Waals surface area (Å²) in [7, 11) is -0.855. The van der Waals surface area contributed by atoms with Crippen molar-refractivity contribution in [2.45, 2.75) is 11.8 Å². The molecule has 0 bridgehead atoms. The molecule has 2 rings (SSSR count). The molecule has 0 spiro atoms. The van der Waals surface area contributed by atoms with Crippen molar-refractivity contribution in [3.63, 3.8) is 0 Å². The third-order valence-corrected chi connectivity index (χ3v) is 5.08. The average molecular weight is 351 g/mol. The molecule has 0 aliphatic carbocycles. The van der Waals surface area contributed by atoms with Crippen LogP contribution in [0.4, 0.5) is 0 Å². The molecule has 2 amide bonds. The molecule has 0 saturated carbocycles. The Morgan fingerprint density at radius 2 is 1.75 bits per heavy atom. The molecule has 9 heteroatoms. The van der Waals surface area contributed by atoms with Crippen LogP contribution >= 0.6 is 0 Å². The summed E-state index contributed by atoms with van der Waals surface area (Å²) < 4.78 is 30.2. The van der Waals surface area contributed by atoms with Crippen molar-refractivity contribution in [2.24, 2.45) is 0 Å². The number of sulfonamides is 1. The third kappa shape index (κ3) is 3.63. The smallest absolute Gasteiger partial charge is 0.273 e. The molecule has 0 aliphatic heterocycles. The lowest BCUT2D eigenvalue weighted by Crippen LogP contribution is -2.41. The van der Waals surface area contributed by atoms with Gasteiger partial charge in [-0.1, -0.05) is 6.07 Å². The highest BCUT2D eigenvalue weighted by atomic mass is 32.2. The van der Waals surface area contributed by atoms with Gasteiger partial charge in [0.15, 0.2) is 0 Å². The molecule has 128 valence electrons. The summed E-state index contributed by atoms with van der Waals surface area (Å²) >= 11 is 0. The van der Waals surface area contributed by atoms with Crippen molar-refractivity contribution in [2.75, 3.05) is 14.1 Å². The quantitative estimate of drug-likeness (QED) is 0.796. The number of rotatable bonds is 4. The van der Waals surface area contributed by atoms with Crippen LogP contribution in [0.2, 0.25) is 0 Å². The molecule has 0 radical (unpaired) electrons. The summed E-state index contributed by atoms with van der Waals surface area (Å²) in [4.78, 5) is 24.0. The molecule has 0 fully saturated rings. The van der Waals surface area contributed by atoms with Crippen molar-refractivity contribution in [3.05, 3.63) is 53.5 Å². The number of amides is 2. The number of hydrogen-bond donors (Lipinski definition) is 2. The summed E-state index contributed by atoms with van der Waals surface area (Å²) in [5.74, 6) is -0.757. The van der Waals surface area contributed by atoms with Crippen molar-refractivity contribution < 1.29 is 22.4 Å². The second-order valence-corrected chi connectivity index (χ2v) is 7.27. The van der Waals surface area contributed by atoms with Crippen LogP contribution < -0.4 is 10.9 Å². The lowest BCUT2D eigenvalue weighted by molar-refractivity contribution is 0.0845. The monoisotopic (exact) mass is 351 g/mol. The zero-order valence-corrected chi connectivity index (χ0v) is 14.2. The Hall–Kier alpha value is -2.65. The molecule has 0 aliphatic rings. The first-order chi connectivity index (χ1) is 11.2. The van der Waals surface area contributed by atoms with Crippen LogP contribution in [0.1, 0.15) is 26.5 Å². The summed E-state index contributed by atoms with van der Waals surface area (Å²) in [5.41, 5.74) is 4.87. The third-order valence-electron chi connectivity index (χ3n) is 3.27. The summed E-state index contributed by atoms with van der Waals surface area (Å²) in [6.45, 7) is 1.62. The maximum absolute atomic E-state index is 12.1. The van der Waals surface area contributed by atoms with E-state index in [1.165, 1.54) is 50.7 Å². The number of nitrogens with one attached hydrogen (secondary N) is 2. The van der Waals surface area contributed by atoms with Gasteiger partial charge in [-0.05, 0) is 31.2 Å². The van der Waals surface area contributed by atoms with Crippen LogP contribution in [0, 0.1) is 6.92 Å². The number of aryl methyl sites for hydroxylation is 1. The highest BCUT2D eigenvalue weighted by Gasteiger charge is 2.19. The van der Waals surface area contributed by atoms with Gasteiger partial charge in [-0.15, -0.1) is 0 Å². The van der Waals surface area contributed by atoms with Crippen molar-refractivity contribution in [3.8, 4) is 0 Å². The van der Waals surface area contributed by atoms with Crippen LogP contribution in [0.5, 0.6) is 0 Å². The minimum absolute atomic E-state index is 0.0165. The van der Waals surface area contributed by atoms with Gasteiger partial charge in [0.05, 0.1) is 16.7 Å². The molecule has 1 aromatic heterocycles. The minimum Gasteiger partial charge on any atom is -0.469 e. The number of nitrogens with zero attached hydrogens (tertiary/aromatic N) is 1. The predicted octanol–water partition coefficient (Wildman–Crippen LogP) is 0.913. The Balaban J connectivity index is 2.11. The van der Waals surface area contributed by atoms with E-state index in [0.717, 1.165) is 4.31 Å². The first-order valence-corrected chi connectivity index (χ1v) is 8.35. The molecule has 1 aromatic carbocycles. The lowest BCUT2D eigenvalue weighted by atomic mass is 10.2. The highest BCUT2D eigenvalue weighted by Crippen LogP contribution is 2.14. The van der Waals surface area contributed by atoms with E-state index >= 15 is 0 Å². The molecule has 8 nitrogen and oxygen atoms in total. The van der Waals surface area contributed by atoms with Crippen molar-refractivity contribution >= 4 is 21.8 Å². The van der Waals surface area contributed by atoms with Gasteiger partial charge < -0.3 is 4.42 Å². The van der Waals surface area contributed by atoms with Gasteiger partial charge in [0.25, 0.3) is 11.8 Å². The molecule has 0 saturated heterocycles. The van der Waals surface area contributed by atoms with E-state index in [1.807, 2.05) is 0 Å². The van der Waals surface area contributed by atoms with Gasteiger partial charge in [-0.2, -0.15) is 0 Å². The van der Waals surface area contributed by atoms with Gasteiger partial charge >= 0.3 is 0 Å². The maximum atomic E-state index is 12.1. The second-order valence-electron chi connectivity index (χ2n) is 5.11. The molecule has 2 N–H and O–H groups in total. The van der Waals surface area contributed by atoms with Crippen LogP contribution in [0.25, 0.3) is 0 Å². The minimum atomic E-state index is -3.65. The molecule has 1 heterocycles. The summed E-state index contributed by atoms with van der Waals surface area (Å²) in [6, 6.07) is 6.99. The van der Waals surface area contributed by atoms with Gasteiger partial charge in [-0.3, -0.25) is 20.4 Å². The fraction of sp³-hybridized carbons (Fsp3) is 0.200. The largest absolute Gasteiger partial charge is 0.469 e. The zero-order valence-electron chi connectivity index (χ0n) is 13.4. The van der Waals surface area contributed by atoms with E-state index in [2.05, 4.69) is 10.9 Å². The Morgan fingerprint density at radius 3 is 2.33 bits per heavy atom. The normalized spacial score (nSPS) is 11.3. The molecule has 2 aromatic rings. The zero-order chi connectivity index (χ0) is 17.9. The number of hydrogen-bond acceptors (Lipinski definition) is 5. The molecular weight excluding hydrogens is 334 g/mol. The molecule has 0 unspecified atom stereocenters. The van der Waals surface area contributed by atoms with E-state index in [1.54, 1.807) is 6.92 Å². The van der Waals surface area contributed by atoms with Crippen LogP contribution in [0.15, 0.2) is 45.9 Å². The van der Waals surface area contributed by atoms with E-state index < -0.39 is 21.8 Å². The number of benzene rings is 1. The molecule has 0 atom stereocenters. The van der Waals surface area contributed by atoms with E-state index in [0.29, 0.717) is 11.3 Å². The Labute approximate surface area is 139 Å². The van der Waals surface area contributed by atoms with E-state index in [-0.39, 0.29) is 10.5 Å². The Kier molecular flexibility index (Phi) is 5.05. The maximum Gasteiger partial charge on any atom is 0.273 e. The fourth-order valence-corrected chi connectivity index (χ4v) is 2.83. The number of furan rings is 1. The second kappa shape index (κ2) is 6.85. The first-order valence-electron chi connectivity index (χ1n) is 6.91. The average Bonchev–Trinajstić information content (AvgIpc) is 2.98. The SMILES string of the molecule is Cc1occc1C(=O)NNC(=O)c1cccc(S(=O)(=O)N(C)C)c1. The van der Waals surface area contributed by atoms with Crippen LogP contribution in [-0.2, 0) is 10.0 Å². The highest BCUT2D eigenvalue weighted by molar-refractivity contribution is 7.89. The Bertz CT molecular complexity index is 871. The summed E-state index contributed by atoms with van der Waals surface area (Å²) in [6.07, 6.45) is 1.36. The summed E-state index contributed by atoms with van der Waals surface area (Å²) in [5, 5.41) is 0. The Morgan fingerprint density at radius 1 is 1.08 bits per heavy atom. The number of hydrazine groups is 1. The molecule has 24 heavy (non-hydrogen) atoms. The topological polar surface area (TPSA) is 109 Å². The van der Waals surface area contributed by atoms with Crippen LogP contribution in [0.3, 0.4) is 0 Å². The lowest BCUT2D eigenvalue weighted by Gasteiger charge is -2.12. The van der Waals surface area contributed by atoms with Crippen molar-refractivity contribution in [1.82, 2.24) is 15.2 Å². The van der Waals surface area contributed by atoms with Crippen molar-refractivity contribution in [1.29, 1.82) is 0 Å². The van der Waals surface area contributed by atoms with E-state index in [9.17, 15) is 18.0 Å². The molecular formula is C15H17N3O5S. The van der Waals surface area contributed by atoms with Crippen LogP contribution in [-0.4, -0.2) is 38.6 Å². The predicted molar refractivity (Wildman–Crippen MR) is 85.7 cm³/mol. The first kappa shape index (κ1) is 17.7. The number of carbonyl (C=O) groups excluding carboxylic acids is 2. The van der Waals surface area contributed by atoms with Gasteiger partial charge in [0, 0.05) is 19.7 Å². The fourth-order valence-electron chi connectivity index (χ4n) is 1.88. The van der Waals surface area contributed by atoms with Gasteiger partial charge in [-0.25, -0.2) is 12.7 Å². The number of carbonyl (C=O) groups is 2. The van der Waals surface area contributed by atoms with Gasteiger partial charge in [0.2, 0.25) is 10.0 Å². The van der Waals surface area contributed by atoms with Gasteiger partial charge in [0.1, 0.15) is 5.76 Å².